The van der Waals surface area contributed by atoms with Crippen molar-refractivity contribution >= 4 is 17.7 Å². The highest BCUT2D eigenvalue weighted by Gasteiger charge is 2.40. The molecule has 2 rings (SSSR count). The fourth-order valence-corrected chi connectivity index (χ4v) is 5.13. The zero-order chi connectivity index (χ0) is 21.2. The number of benzene rings is 1. The Morgan fingerprint density at radius 2 is 1.79 bits per heavy atom. The fraction of sp³-hybridized carbons (Fsp3) is 0.682. The first-order valence-electron chi connectivity index (χ1n) is 10.5. The van der Waals surface area contributed by atoms with Crippen LogP contribution in [0.15, 0.2) is 29.2 Å². The van der Waals surface area contributed by atoms with Crippen LogP contribution in [-0.4, -0.2) is 50.5 Å². The summed E-state index contributed by atoms with van der Waals surface area (Å²) < 4.78 is 13.2. The van der Waals surface area contributed by atoms with Crippen molar-refractivity contribution in [2.75, 3.05) is 5.75 Å². The summed E-state index contributed by atoms with van der Waals surface area (Å²) in [5.74, 6) is -0.611. The number of aliphatic hydroxyl groups is 3. The summed E-state index contributed by atoms with van der Waals surface area (Å²) in [6.07, 6.45) is 4.30. The topological polar surface area (TPSA) is 98.0 Å². The second-order valence-electron chi connectivity index (χ2n) is 8.04. The molecule has 0 aliphatic heterocycles. The van der Waals surface area contributed by atoms with Gasteiger partial charge in [-0.15, -0.1) is 11.8 Å². The number of unbranched alkanes of at least 4 members (excludes halogenated alkanes) is 3. The Kier molecular flexibility index (Phi) is 10.4. The van der Waals surface area contributed by atoms with E-state index < -0.39 is 24.3 Å². The minimum atomic E-state index is -0.770. The number of carbonyl (C=O) groups is 1. The highest BCUT2D eigenvalue weighted by atomic mass is 32.2. The van der Waals surface area contributed by atoms with Crippen LogP contribution in [0.1, 0.15) is 57.8 Å². The lowest BCUT2D eigenvalue weighted by atomic mass is 9.85. The third kappa shape index (κ3) is 8.62. The van der Waals surface area contributed by atoms with Gasteiger partial charge in [0.1, 0.15) is 5.82 Å². The van der Waals surface area contributed by atoms with E-state index in [1.807, 2.05) is 6.07 Å². The lowest BCUT2D eigenvalue weighted by Crippen LogP contribution is -2.24. The fourth-order valence-electron chi connectivity index (χ4n) is 4.21. The van der Waals surface area contributed by atoms with Crippen LogP contribution in [0.2, 0.25) is 0 Å². The number of carboxylic acids is 1. The Hall–Kier alpha value is -1.15. The van der Waals surface area contributed by atoms with Crippen molar-refractivity contribution in [3.8, 4) is 0 Å². The van der Waals surface area contributed by atoms with Gasteiger partial charge in [0.2, 0.25) is 0 Å². The number of aliphatic carboxylic acids is 1. The Labute approximate surface area is 176 Å². The van der Waals surface area contributed by atoms with Gasteiger partial charge in [0.05, 0.1) is 18.3 Å². The first kappa shape index (κ1) is 24.1. The quantitative estimate of drug-likeness (QED) is 0.281. The maximum absolute atomic E-state index is 13.2. The van der Waals surface area contributed by atoms with E-state index in [9.17, 15) is 24.5 Å². The monoisotopic (exact) mass is 428 g/mol. The summed E-state index contributed by atoms with van der Waals surface area (Å²) in [6.45, 7) is 0. The molecule has 2 unspecified atom stereocenters. The molecule has 29 heavy (non-hydrogen) atoms. The van der Waals surface area contributed by atoms with Crippen molar-refractivity contribution in [2.45, 2.75) is 81.0 Å². The summed E-state index contributed by atoms with van der Waals surface area (Å²) in [4.78, 5) is 11.3. The number of aliphatic hydroxyl groups excluding tert-OH is 3. The van der Waals surface area contributed by atoms with Crippen LogP contribution >= 0.6 is 11.8 Å². The van der Waals surface area contributed by atoms with Crippen molar-refractivity contribution in [2.24, 2.45) is 11.8 Å². The molecule has 0 saturated heterocycles. The number of hydrogen-bond donors (Lipinski definition) is 4. The molecule has 164 valence electrons. The lowest BCUT2D eigenvalue weighted by Gasteiger charge is -2.24. The molecule has 0 heterocycles. The molecule has 5 atom stereocenters. The molecule has 1 aromatic rings. The van der Waals surface area contributed by atoms with Crippen molar-refractivity contribution in [3.63, 3.8) is 0 Å². The highest BCUT2D eigenvalue weighted by molar-refractivity contribution is 7.99. The van der Waals surface area contributed by atoms with Crippen LogP contribution in [0, 0.1) is 17.7 Å². The van der Waals surface area contributed by atoms with E-state index in [1.54, 1.807) is 6.07 Å². The molecule has 0 aromatic heterocycles. The second-order valence-corrected chi connectivity index (χ2v) is 9.14. The molecule has 7 heteroatoms. The van der Waals surface area contributed by atoms with E-state index in [2.05, 4.69) is 0 Å². The predicted molar refractivity (Wildman–Crippen MR) is 111 cm³/mol. The van der Waals surface area contributed by atoms with E-state index in [1.165, 1.54) is 23.9 Å². The number of halogens is 1. The van der Waals surface area contributed by atoms with Crippen molar-refractivity contribution in [1.82, 2.24) is 0 Å². The molecule has 0 radical (unpaired) electrons. The molecule has 1 aliphatic carbocycles. The van der Waals surface area contributed by atoms with Gasteiger partial charge in [-0.2, -0.15) is 0 Å². The molecule has 1 aliphatic rings. The largest absolute Gasteiger partial charge is 0.481 e. The summed E-state index contributed by atoms with van der Waals surface area (Å²) in [5, 5.41) is 39.6. The van der Waals surface area contributed by atoms with Gasteiger partial charge in [-0.3, -0.25) is 4.79 Å². The van der Waals surface area contributed by atoms with Crippen molar-refractivity contribution in [3.05, 3.63) is 30.1 Å². The van der Waals surface area contributed by atoms with Crippen molar-refractivity contribution in [1.29, 1.82) is 0 Å². The summed E-state index contributed by atoms with van der Waals surface area (Å²) in [7, 11) is 0. The van der Waals surface area contributed by atoms with Gasteiger partial charge >= 0.3 is 5.97 Å². The third-order valence-corrected chi connectivity index (χ3v) is 6.91. The first-order chi connectivity index (χ1) is 13.9. The average Bonchev–Trinajstić information content (AvgIpc) is 2.93. The number of thioether (sulfide) groups is 1. The van der Waals surface area contributed by atoms with Gasteiger partial charge in [0.15, 0.2) is 0 Å². The van der Waals surface area contributed by atoms with Gasteiger partial charge in [-0.25, -0.2) is 4.39 Å². The SMILES string of the molecule is O=C(O)CCCCCC[C@@H]1C(CCC(O)CSc2cccc(F)c2)[C@H](O)C[C@@H]1O. The molecule has 5 nitrogen and oxygen atoms in total. The van der Waals surface area contributed by atoms with Gasteiger partial charge in [-0.05, 0) is 62.1 Å². The number of hydrogen-bond acceptors (Lipinski definition) is 5. The molecule has 1 aromatic carbocycles. The average molecular weight is 429 g/mol. The summed E-state index contributed by atoms with van der Waals surface area (Å²) in [5.41, 5.74) is 0. The zero-order valence-corrected chi connectivity index (χ0v) is 17.6. The Balaban J connectivity index is 1.71. The summed E-state index contributed by atoms with van der Waals surface area (Å²) in [6, 6.07) is 6.29. The maximum Gasteiger partial charge on any atom is 0.303 e. The maximum atomic E-state index is 13.2. The molecule has 1 saturated carbocycles. The van der Waals surface area contributed by atoms with E-state index in [0.717, 1.165) is 30.6 Å². The van der Waals surface area contributed by atoms with Gasteiger partial charge < -0.3 is 20.4 Å². The minimum Gasteiger partial charge on any atom is -0.481 e. The first-order valence-corrected chi connectivity index (χ1v) is 11.5. The lowest BCUT2D eigenvalue weighted by molar-refractivity contribution is -0.137. The predicted octanol–water partition coefficient (Wildman–Crippen LogP) is 3.84. The van der Waals surface area contributed by atoms with Crippen LogP contribution in [0.25, 0.3) is 0 Å². The number of rotatable bonds is 13. The molecule has 0 amide bonds. The normalized spacial score (nSPS) is 25.2. The summed E-state index contributed by atoms with van der Waals surface area (Å²) >= 11 is 1.41. The molecule has 0 bridgehead atoms. The van der Waals surface area contributed by atoms with E-state index >= 15 is 0 Å². The third-order valence-electron chi connectivity index (χ3n) is 5.77. The zero-order valence-electron chi connectivity index (χ0n) is 16.8. The number of carboxylic acid groups (broad SMARTS) is 1. The van der Waals surface area contributed by atoms with E-state index in [0.29, 0.717) is 31.4 Å². The molecule has 0 spiro atoms. The van der Waals surface area contributed by atoms with Gasteiger partial charge in [0, 0.05) is 17.1 Å². The van der Waals surface area contributed by atoms with Gasteiger partial charge in [0.25, 0.3) is 0 Å². The molecule has 1 fully saturated rings. The standard InChI is InChI=1S/C22H33FO5S/c23-15-6-5-7-17(12-15)29-14-16(24)10-11-19-18(20(25)13-21(19)26)8-3-1-2-4-9-22(27)28/h5-7,12,16,18-21,24-26H,1-4,8-11,13-14H2,(H,27,28)/t16?,18-,19?,20+,21-/m1/s1. The Bertz CT molecular complexity index is 629. The Morgan fingerprint density at radius 1 is 1.10 bits per heavy atom. The Morgan fingerprint density at radius 3 is 2.48 bits per heavy atom. The van der Waals surface area contributed by atoms with E-state index in [-0.39, 0.29) is 24.1 Å². The van der Waals surface area contributed by atoms with E-state index in [4.69, 9.17) is 5.11 Å². The van der Waals surface area contributed by atoms with Crippen LogP contribution in [0.5, 0.6) is 0 Å². The molecular formula is C22H33FO5S. The molecule has 4 N–H and O–H groups in total. The second kappa shape index (κ2) is 12.5. The van der Waals surface area contributed by atoms with Crippen LogP contribution in [-0.2, 0) is 4.79 Å². The van der Waals surface area contributed by atoms with Gasteiger partial charge in [-0.1, -0.05) is 25.3 Å². The van der Waals surface area contributed by atoms with Crippen molar-refractivity contribution < 1.29 is 29.6 Å². The smallest absolute Gasteiger partial charge is 0.303 e. The van der Waals surface area contributed by atoms with Crippen LogP contribution in [0.3, 0.4) is 0 Å². The highest BCUT2D eigenvalue weighted by Crippen LogP contribution is 2.39. The molecular weight excluding hydrogens is 395 g/mol. The van der Waals surface area contributed by atoms with Crippen LogP contribution in [0.4, 0.5) is 4.39 Å². The minimum absolute atomic E-state index is 0.0209. The van der Waals surface area contributed by atoms with Crippen LogP contribution < -0.4 is 0 Å².